The van der Waals surface area contributed by atoms with E-state index in [1.54, 1.807) is 10.9 Å². The molecule has 0 amide bonds. The van der Waals surface area contributed by atoms with Crippen molar-refractivity contribution in [1.82, 2.24) is 19.7 Å². The van der Waals surface area contributed by atoms with E-state index >= 15 is 0 Å². The lowest BCUT2D eigenvalue weighted by Gasteiger charge is -2.14. The fourth-order valence-electron chi connectivity index (χ4n) is 3.52. The summed E-state index contributed by atoms with van der Waals surface area (Å²) in [6.45, 7) is 2.81. The van der Waals surface area contributed by atoms with Gasteiger partial charge in [-0.25, -0.2) is 9.98 Å². The van der Waals surface area contributed by atoms with Crippen LogP contribution in [0.4, 0.5) is 18.9 Å². The van der Waals surface area contributed by atoms with Gasteiger partial charge in [0.25, 0.3) is 0 Å². The molecular formula is C19H18ClF3N6. The molecule has 1 unspecified atom stereocenters. The number of rotatable bonds is 5. The zero-order valence-corrected chi connectivity index (χ0v) is 16.3. The van der Waals surface area contributed by atoms with Crippen molar-refractivity contribution in [3.63, 3.8) is 0 Å². The Kier molecular flexibility index (Phi) is 4.94. The number of unbranched alkanes of at least 4 members (excludes halogenated alkanes) is 2. The highest BCUT2D eigenvalue weighted by Gasteiger charge is 2.36. The van der Waals surface area contributed by atoms with Gasteiger partial charge >= 0.3 is 6.18 Å². The molecule has 4 rings (SSSR count). The lowest BCUT2D eigenvalue weighted by Crippen LogP contribution is -2.21. The molecule has 0 saturated carbocycles. The molecule has 6 nitrogen and oxygen atoms in total. The van der Waals surface area contributed by atoms with Crippen LogP contribution in [0, 0.1) is 0 Å². The maximum absolute atomic E-state index is 13.2. The van der Waals surface area contributed by atoms with Crippen molar-refractivity contribution in [3.8, 4) is 0 Å². The van der Waals surface area contributed by atoms with Crippen molar-refractivity contribution in [2.75, 3.05) is 0 Å². The highest BCUT2D eigenvalue weighted by atomic mass is 35.5. The number of alkyl halides is 3. The number of aromatic nitrogens is 4. The number of benzene rings is 1. The number of aliphatic imine (C=N–C) groups is 1. The van der Waals surface area contributed by atoms with E-state index in [1.165, 1.54) is 6.07 Å². The number of hydrogen-bond acceptors (Lipinski definition) is 5. The summed E-state index contributed by atoms with van der Waals surface area (Å²) in [5.41, 5.74) is 6.85. The van der Waals surface area contributed by atoms with E-state index in [0.29, 0.717) is 34.5 Å². The minimum absolute atomic E-state index is 0.0421. The molecule has 1 aliphatic heterocycles. The Morgan fingerprint density at radius 3 is 2.72 bits per heavy atom. The number of nitrogens with two attached hydrogens (primary N) is 1. The van der Waals surface area contributed by atoms with Crippen LogP contribution in [0.15, 0.2) is 29.4 Å². The Bertz CT molecular complexity index is 1110. The molecule has 29 heavy (non-hydrogen) atoms. The van der Waals surface area contributed by atoms with Gasteiger partial charge in [0.1, 0.15) is 5.84 Å². The molecule has 10 heteroatoms. The fraction of sp³-hybridized carbons (Fsp3) is 0.368. The maximum Gasteiger partial charge on any atom is 0.416 e. The van der Waals surface area contributed by atoms with Crippen LogP contribution in [0.1, 0.15) is 48.9 Å². The van der Waals surface area contributed by atoms with E-state index in [4.69, 9.17) is 17.3 Å². The lowest BCUT2D eigenvalue weighted by molar-refractivity contribution is -0.137. The first kappa shape index (κ1) is 19.6. The number of nitrogens with zero attached hydrogens (tertiary/aromatic N) is 5. The predicted molar refractivity (Wildman–Crippen MR) is 104 cm³/mol. The van der Waals surface area contributed by atoms with Crippen LogP contribution in [0.2, 0.25) is 5.28 Å². The molecule has 0 radical (unpaired) electrons. The van der Waals surface area contributed by atoms with E-state index in [-0.39, 0.29) is 11.1 Å². The van der Waals surface area contributed by atoms with Crippen molar-refractivity contribution >= 4 is 34.2 Å². The van der Waals surface area contributed by atoms with Crippen molar-refractivity contribution in [2.24, 2.45) is 10.7 Å². The smallest absolute Gasteiger partial charge is 0.386 e. The molecule has 0 aliphatic carbocycles. The van der Waals surface area contributed by atoms with Gasteiger partial charge in [-0.1, -0.05) is 19.8 Å². The van der Waals surface area contributed by atoms with E-state index in [2.05, 4.69) is 27.0 Å². The van der Waals surface area contributed by atoms with Crippen molar-refractivity contribution in [1.29, 1.82) is 0 Å². The molecule has 1 aliphatic rings. The SMILES string of the molecule is CCCCCn1cc2c(C3C(N)=Nc4ccc(C(F)(F)F)cc43)nc(Cl)nc2n1. The maximum atomic E-state index is 13.2. The first-order valence-corrected chi connectivity index (χ1v) is 9.61. The summed E-state index contributed by atoms with van der Waals surface area (Å²) >= 11 is 6.08. The minimum Gasteiger partial charge on any atom is -0.386 e. The van der Waals surface area contributed by atoms with Gasteiger partial charge in [0.05, 0.1) is 28.2 Å². The number of halogens is 4. The van der Waals surface area contributed by atoms with Gasteiger partial charge in [0, 0.05) is 12.7 Å². The number of hydrogen-bond donors (Lipinski definition) is 1. The molecule has 3 aromatic rings. The zero-order chi connectivity index (χ0) is 20.8. The third kappa shape index (κ3) is 3.66. The lowest BCUT2D eigenvalue weighted by atomic mass is 9.92. The zero-order valence-electron chi connectivity index (χ0n) is 15.5. The molecule has 1 atom stereocenters. The van der Waals surface area contributed by atoms with Gasteiger partial charge in [0.2, 0.25) is 5.28 Å². The van der Waals surface area contributed by atoms with Crippen LogP contribution in [0.3, 0.4) is 0 Å². The Labute approximate surface area is 169 Å². The van der Waals surface area contributed by atoms with E-state index in [9.17, 15) is 13.2 Å². The van der Waals surface area contributed by atoms with E-state index in [0.717, 1.165) is 31.4 Å². The molecular weight excluding hydrogens is 405 g/mol. The molecule has 2 aromatic heterocycles. The predicted octanol–water partition coefficient (Wildman–Crippen LogP) is 4.82. The summed E-state index contributed by atoms with van der Waals surface area (Å²) in [4.78, 5) is 12.7. The van der Waals surface area contributed by atoms with Gasteiger partial charge in [-0.15, -0.1) is 0 Å². The standard InChI is InChI=1S/C19H18ClF3N6/c1-2-3-4-7-29-9-12-15(26-18(20)27-17(12)28-29)14-11-8-10(19(21,22)23)5-6-13(11)25-16(14)24/h5-6,8-9,14H,2-4,7H2,1H3,(H2,24,25). The van der Waals surface area contributed by atoms with Crippen molar-refractivity contribution in [2.45, 2.75) is 44.8 Å². The Morgan fingerprint density at radius 2 is 2.00 bits per heavy atom. The van der Waals surface area contributed by atoms with Crippen LogP contribution in [0.25, 0.3) is 11.0 Å². The molecule has 152 valence electrons. The summed E-state index contributed by atoms with van der Waals surface area (Å²) in [7, 11) is 0. The van der Waals surface area contributed by atoms with E-state index in [1.807, 2.05) is 0 Å². The average molecular weight is 423 g/mol. The summed E-state index contributed by atoms with van der Waals surface area (Å²) in [6, 6.07) is 3.38. The van der Waals surface area contributed by atoms with E-state index < -0.39 is 17.7 Å². The van der Waals surface area contributed by atoms with Gasteiger partial charge in [-0.05, 0) is 41.8 Å². The minimum atomic E-state index is -4.47. The second-order valence-electron chi connectivity index (χ2n) is 6.96. The quantitative estimate of drug-likeness (QED) is 0.472. The number of amidine groups is 1. The van der Waals surface area contributed by atoms with Crippen LogP contribution in [0.5, 0.6) is 0 Å². The second kappa shape index (κ2) is 7.29. The van der Waals surface area contributed by atoms with Crippen molar-refractivity contribution < 1.29 is 13.2 Å². The summed E-state index contributed by atoms with van der Waals surface area (Å²) in [5.74, 6) is -0.585. The van der Waals surface area contributed by atoms with Crippen LogP contribution < -0.4 is 5.73 Å². The summed E-state index contributed by atoms with van der Waals surface area (Å²) in [6.07, 6.45) is 0.400. The topological polar surface area (TPSA) is 82.0 Å². The third-order valence-electron chi connectivity index (χ3n) is 4.90. The van der Waals surface area contributed by atoms with Gasteiger partial charge in [0.15, 0.2) is 5.65 Å². The number of aryl methyl sites for hydroxylation is 1. The highest BCUT2D eigenvalue weighted by molar-refractivity contribution is 6.28. The largest absolute Gasteiger partial charge is 0.416 e. The van der Waals surface area contributed by atoms with Crippen molar-refractivity contribution in [3.05, 3.63) is 46.5 Å². The van der Waals surface area contributed by atoms with Gasteiger partial charge < -0.3 is 5.73 Å². The highest BCUT2D eigenvalue weighted by Crippen LogP contribution is 2.42. The molecule has 0 saturated heterocycles. The normalized spacial score (nSPS) is 16.3. The summed E-state index contributed by atoms with van der Waals surface area (Å²) in [5, 5.41) is 4.99. The Morgan fingerprint density at radius 1 is 1.21 bits per heavy atom. The second-order valence-corrected chi connectivity index (χ2v) is 7.29. The molecule has 1 aromatic carbocycles. The van der Waals surface area contributed by atoms with Crippen LogP contribution >= 0.6 is 11.6 Å². The fourth-order valence-corrected chi connectivity index (χ4v) is 3.69. The molecule has 2 N–H and O–H groups in total. The van der Waals surface area contributed by atoms with Gasteiger partial charge in [-0.2, -0.15) is 23.3 Å². The molecule has 3 heterocycles. The molecule has 0 fully saturated rings. The Balaban J connectivity index is 1.82. The molecule has 0 bridgehead atoms. The molecule has 0 spiro atoms. The first-order valence-electron chi connectivity index (χ1n) is 9.23. The summed E-state index contributed by atoms with van der Waals surface area (Å²) < 4.78 is 41.4. The van der Waals surface area contributed by atoms with Crippen LogP contribution in [-0.4, -0.2) is 25.6 Å². The monoisotopic (exact) mass is 422 g/mol. The number of fused-ring (bicyclic) bond motifs is 2. The third-order valence-corrected chi connectivity index (χ3v) is 5.07. The first-order chi connectivity index (χ1) is 13.8. The van der Waals surface area contributed by atoms with Crippen LogP contribution in [-0.2, 0) is 12.7 Å². The Hall–Kier alpha value is -2.68. The van der Waals surface area contributed by atoms with Gasteiger partial charge in [-0.3, -0.25) is 4.68 Å². The average Bonchev–Trinajstić information content (AvgIpc) is 3.19.